The molecule has 1 unspecified atom stereocenters. The molecule has 5 nitrogen and oxygen atoms in total. The van der Waals surface area contributed by atoms with E-state index in [1.54, 1.807) is 26.8 Å². The summed E-state index contributed by atoms with van der Waals surface area (Å²) in [7, 11) is 0. The number of hydrogen-bond donors (Lipinski definition) is 0. The van der Waals surface area contributed by atoms with Crippen molar-refractivity contribution in [3.63, 3.8) is 0 Å². The summed E-state index contributed by atoms with van der Waals surface area (Å²) in [5, 5.41) is 0. The van der Waals surface area contributed by atoms with Crippen LogP contribution in [-0.4, -0.2) is 23.3 Å². The lowest BCUT2D eigenvalue weighted by Crippen LogP contribution is -2.26. The highest BCUT2D eigenvalue weighted by Gasteiger charge is 2.28. The SMILES string of the molecule is C=C(CC1C(C)=Cc2ccc1c(OC(=O)OC(C)(C)C)c2)C(=O)OC(C)(C)C. The van der Waals surface area contributed by atoms with Gasteiger partial charge in [0.15, 0.2) is 0 Å². The molecule has 0 N–H and O–H groups in total. The van der Waals surface area contributed by atoms with Crippen molar-refractivity contribution in [3.8, 4) is 5.75 Å². The van der Waals surface area contributed by atoms with Gasteiger partial charge >= 0.3 is 12.1 Å². The highest BCUT2D eigenvalue weighted by Crippen LogP contribution is 2.41. The highest BCUT2D eigenvalue weighted by molar-refractivity contribution is 5.88. The fourth-order valence-corrected chi connectivity index (χ4v) is 2.94. The zero-order valence-corrected chi connectivity index (χ0v) is 17.8. The second kappa shape index (κ2) is 7.82. The monoisotopic (exact) mass is 386 g/mol. The summed E-state index contributed by atoms with van der Waals surface area (Å²) in [6.07, 6.45) is 1.64. The van der Waals surface area contributed by atoms with Crippen LogP contribution in [0, 0.1) is 0 Å². The Balaban J connectivity index is 2.23. The first-order valence-electron chi connectivity index (χ1n) is 9.39. The van der Waals surface area contributed by atoms with Crippen LogP contribution in [0.4, 0.5) is 4.79 Å². The molecular formula is C23H30O5. The number of ether oxygens (including phenoxy) is 3. The first-order valence-corrected chi connectivity index (χ1v) is 9.39. The van der Waals surface area contributed by atoms with Gasteiger partial charge < -0.3 is 14.2 Å². The van der Waals surface area contributed by atoms with Crippen LogP contribution in [0.3, 0.4) is 0 Å². The van der Waals surface area contributed by atoms with Crippen LogP contribution in [0.15, 0.2) is 35.9 Å². The molecule has 1 aromatic carbocycles. The van der Waals surface area contributed by atoms with Crippen molar-refractivity contribution >= 4 is 18.2 Å². The standard InChI is InChI=1S/C23H30O5/c1-14-11-16-9-10-17(19(13-16)26-21(25)28-23(6,7)8)18(14)12-15(2)20(24)27-22(3,4)5/h9-11,13,18H,2,12H2,1,3-8H3. The molecule has 152 valence electrons. The van der Waals surface area contributed by atoms with Crippen molar-refractivity contribution in [3.05, 3.63) is 47.1 Å². The van der Waals surface area contributed by atoms with Crippen molar-refractivity contribution in [2.45, 2.75) is 72.0 Å². The normalized spacial score (nSPS) is 16.1. The second-order valence-corrected chi connectivity index (χ2v) is 9.11. The zero-order valence-electron chi connectivity index (χ0n) is 17.8. The fourth-order valence-electron chi connectivity index (χ4n) is 2.94. The largest absolute Gasteiger partial charge is 0.514 e. The Bertz CT molecular complexity index is 818. The van der Waals surface area contributed by atoms with Gasteiger partial charge in [0, 0.05) is 17.1 Å². The Labute approximate surface area is 167 Å². The molecule has 1 atom stereocenters. The van der Waals surface area contributed by atoms with Crippen LogP contribution in [0.1, 0.15) is 71.9 Å². The van der Waals surface area contributed by atoms with Crippen molar-refractivity contribution in [1.29, 1.82) is 0 Å². The van der Waals surface area contributed by atoms with Gasteiger partial charge in [-0.25, -0.2) is 9.59 Å². The average molecular weight is 386 g/mol. The molecule has 0 radical (unpaired) electrons. The van der Waals surface area contributed by atoms with Crippen molar-refractivity contribution in [1.82, 2.24) is 0 Å². The van der Waals surface area contributed by atoms with Crippen LogP contribution in [0.2, 0.25) is 0 Å². The number of carbonyl (C=O) groups excluding carboxylic acids is 2. The Kier molecular flexibility index (Phi) is 6.07. The van der Waals surface area contributed by atoms with Crippen LogP contribution in [0.25, 0.3) is 6.08 Å². The zero-order chi connectivity index (χ0) is 21.3. The molecule has 1 aromatic rings. The highest BCUT2D eigenvalue weighted by atomic mass is 16.7. The predicted molar refractivity (Wildman–Crippen MR) is 109 cm³/mol. The van der Waals surface area contributed by atoms with E-state index in [4.69, 9.17) is 14.2 Å². The summed E-state index contributed by atoms with van der Waals surface area (Å²) in [5.41, 5.74) is 1.93. The number of carbonyl (C=O) groups is 2. The van der Waals surface area contributed by atoms with Crippen LogP contribution in [-0.2, 0) is 14.3 Å². The topological polar surface area (TPSA) is 61.8 Å². The van der Waals surface area contributed by atoms with Gasteiger partial charge in [-0.2, -0.15) is 0 Å². The Hall–Kier alpha value is -2.56. The maximum atomic E-state index is 12.4. The van der Waals surface area contributed by atoms with Crippen LogP contribution in [0.5, 0.6) is 5.75 Å². The third kappa shape index (κ3) is 5.98. The number of allylic oxidation sites excluding steroid dienone is 1. The van der Waals surface area contributed by atoms with Crippen LogP contribution >= 0.6 is 0 Å². The number of rotatable bonds is 4. The average Bonchev–Trinajstić information content (AvgIpc) is 2.70. The Morgan fingerprint density at radius 1 is 1.04 bits per heavy atom. The number of hydrogen-bond acceptors (Lipinski definition) is 5. The third-order valence-electron chi connectivity index (χ3n) is 4.08. The number of esters is 1. The van der Waals surface area contributed by atoms with Gasteiger partial charge in [0.25, 0.3) is 0 Å². The molecule has 0 aliphatic heterocycles. The molecular weight excluding hydrogens is 356 g/mol. The van der Waals surface area contributed by atoms with E-state index in [1.165, 1.54) is 0 Å². The van der Waals surface area contributed by atoms with Gasteiger partial charge in [-0.3, -0.25) is 0 Å². The van der Waals surface area contributed by atoms with Gasteiger partial charge in [0.1, 0.15) is 17.0 Å². The van der Waals surface area contributed by atoms with E-state index in [1.807, 2.05) is 45.9 Å². The maximum absolute atomic E-state index is 12.4. The molecule has 0 fully saturated rings. The van der Waals surface area contributed by atoms with E-state index in [0.717, 1.165) is 16.7 Å². The van der Waals surface area contributed by atoms with Crippen molar-refractivity contribution in [2.75, 3.05) is 0 Å². The van der Waals surface area contributed by atoms with Gasteiger partial charge in [-0.15, -0.1) is 0 Å². The van der Waals surface area contributed by atoms with E-state index in [0.29, 0.717) is 17.7 Å². The lowest BCUT2D eigenvalue weighted by atomic mass is 9.87. The molecule has 0 saturated carbocycles. The summed E-state index contributed by atoms with van der Waals surface area (Å²) < 4.78 is 16.2. The molecule has 0 spiro atoms. The quantitative estimate of drug-likeness (QED) is 0.372. The van der Waals surface area contributed by atoms with E-state index < -0.39 is 23.3 Å². The maximum Gasteiger partial charge on any atom is 0.514 e. The molecule has 0 amide bonds. The summed E-state index contributed by atoms with van der Waals surface area (Å²) in [6, 6.07) is 5.67. The third-order valence-corrected chi connectivity index (χ3v) is 4.08. The summed E-state index contributed by atoms with van der Waals surface area (Å²) in [4.78, 5) is 24.5. The number of fused-ring (bicyclic) bond motifs is 3. The molecule has 3 rings (SSSR count). The Morgan fingerprint density at radius 3 is 2.21 bits per heavy atom. The van der Waals surface area contributed by atoms with E-state index >= 15 is 0 Å². The lowest BCUT2D eigenvalue weighted by Gasteiger charge is -2.23. The molecule has 2 bridgehead atoms. The molecule has 5 heteroatoms. The van der Waals surface area contributed by atoms with Gasteiger partial charge in [-0.1, -0.05) is 30.4 Å². The lowest BCUT2D eigenvalue weighted by molar-refractivity contribution is -0.150. The summed E-state index contributed by atoms with van der Waals surface area (Å²) >= 11 is 0. The first kappa shape index (κ1) is 21.7. The molecule has 2 aliphatic carbocycles. The van der Waals surface area contributed by atoms with Crippen LogP contribution < -0.4 is 4.74 Å². The fraction of sp³-hybridized carbons (Fsp3) is 0.478. The molecule has 28 heavy (non-hydrogen) atoms. The van der Waals surface area contributed by atoms with E-state index in [9.17, 15) is 9.59 Å². The summed E-state index contributed by atoms with van der Waals surface area (Å²) in [5.74, 6) is -0.137. The predicted octanol–water partition coefficient (Wildman–Crippen LogP) is 5.79. The van der Waals surface area contributed by atoms with Gasteiger partial charge in [0.2, 0.25) is 0 Å². The van der Waals surface area contributed by atoms with Gasteiger partial charge in [0.05, 0.1) is 0 Å². The van der Waals surface area contributed by atoms with Gasteiger partial charge in [-0.05, 0) is 66.5 Å². The smallest absolute Gasteiger partial charge is 0.457 e. The Morgan fingerprint density at radius 2 is 1.64 bits per heavy atom. The van der Waals surface area contributed by atoms with Crippen molar-refractivity contribution < 1.29 is 23.8 Å². The minimum absolute atomic E-state index is 0.148. The minimum Gasteiger partial charge on any atom is -0.457 e. The molecule has 0 heterocycles. The van der Waals surface area contributed by atoms with E-state index in [-0.39, 0.29) is 5.92 Å². The summed E-state index contributed by atoms with van der Waals surface area (Å²) in [6.45, 7) is 16.7. The van der Waals surface area contributed by atoms with E-state index in [2.05, 4.69) is 6.58 Å². The van der Waals surface area contributed by atoms with Crippen molar-refractivity contribution in [2.24, 2.45) is 0 Å². The number of benzene rings is 1. The first-order chi connectivity index (χ1) is 12.7. The molecule has 0 saturated heterocycles. The minimum atomic E-state index is -0.754. The second-order valence-electron chi connectivity index (χ2n) is 9.11. The molecule has 0 aromatic heterocycles. The molecule has 2 aliphatic rings.